The molecule has 5 heteroatoms. The predicted octanol–water partition coefficient (Wildman–Crippen LogP) is 6.19. The Hall–Kier alpha value is -2.36. The molecule has 136 valence electrons. The zero-order valence-corrected chi connectivity index (χ0v) is 16.6. The number of hydrogen-bond donors (Lipinski definition) is 0. The maximum Gasteiger partial charge on any atom is 0.220 e. The van der Waals surface area contributed by atoms with Crippen LogP contribution in [0.2, 0.25) is 10.0 Å². The van der Waals surface area contributed by atoms with Gasteiger partial charge in [-0.15, -0.1) is 0 Å². The second-order valence-electron chi connectivity index (χ2n) is 6.66. The number of benzene rings is 2. The first-order valence-electron chi connectivity index (χ1n) is 8.70. The highest BCUT2D eigenvalue weighted by Gasteiger charge is 2.25. The van der Waals surface area contributed by atoms with Crippen LogP contribution in [-0.4, -0.2) is 17.5 Å². The Balaban J connectivity index is 1.60. The van der Waals surface area contributed by atoms with E-state index in [0.29, 0.717) is 28.1 Å². The molecule has 4 rings (SSSR count). The molecule has 1 atom stereocenters. The van der Waals surface area contributed by atoms with Crippen LogP contribution in [0.25, 0.3) is 11.1 Å². The summed E-state index contributed by atoms with van der Waals surface area (Å²) in [5, 5.41) is 0.874. The van der Waals surface area contributed by atoms with E-state index in [-0.39, 0.29) is 6.04 Å². The molecule has 2 heterocycles. The van der Waals surface area contributed by atoms with Gasteiger partial charge in [-0.05, 0) is 41.7 Å². The second kappa shape index (κ2) is 7.34. The highest BCUT2D eigenvalue weighted by Crippen LogP contribution is 2.32. The number of hydrogen-bond acceptors (Lipinski definition) is 3. The van der Waals surface area contributed by atoms with Gasteiger partial charge < -0.3 is 4.74 Å². The van der Waals surface area contributed by atoms with Crippen LogP contribution in [0, 0.1) is 13.8 Å². The molecular weight excluding hydrogens is 379 g/mol. The fourth-order valence-corrected chi connectivity index (χ4v) is 3.64. The summed E-state index contributed by atoms with van der Waals surface area (Å²) in [7, 11) is 0. The van der Waals surface area contributed by atoms with E-state index >= 15 is 0 Å². The van der Waals surface area contributed by atoms with Crippen molar-refractivity contribution >= 4 is 29.1 Å². The monoisotopic (exact) mass is 396 g/mol. The van der Waals surface area contributed by atoms with Crippen molar-refractivity contribution in [1.29, 1.82) is 0 Å². The standard InChI is InChI=1S/C22H18Cl2N2O/c1-13-3-4-17(9-14(13)2)15-5-7-16(8-6-15)20-12-27-22(26-20)21-18(23)10-25-11-19(21)24/h3-11,20H,12H2,1-2H3. The lowest BCUT2D eigenvalue weighted by Crippen LogP contribution is -2.03. The van der Waals surface area contributed by atoms with Gasteiger partial charge >= 0.3 is 0 Å². The number of nitrogens with zero attached hydrogens (tertiary/aromatic N) is 2. The minimum absolute atomic E-state index is 0.0749. The molecule has 27 heavy (non-hydrogen) atoms. The van der Waals surface area contributed by atoms with E-state index in [1.807, 2.05) is 0 Å². The zero-order chi connectivity index (χ0) is 19.0. The number of aromatic nitrogens is 1. The van der Waals surface area contributed by atoms with Crippen molar-refractivity contribution in [3.05, 3.63) is 87.2 Å². The Morgan fingerprint density at radius 3 is 2.22 bits per heavy atom. The van der Waals surface area contributed by atoms with Crippen LogP contribution in [0.15, 0.2) is 59.9 Å². The summed E-state index contributed by atoms with van der Waals surface area (Å²) >= 11 is 12.4. The Morgan fingerprint density at radius 1 is 0.889 bits per heavy atom. The summed E-state index contributed by atoms with van der Waals surface area (Å²) in [6.45, 7) is 4.72. The third-order valence-corrected chi connectivity index (χ3v) is 5.43. The number of halogens is 2. The van der Waals surface area contributed by atoms with E-state index in [2.05, 4.69) is 66.3 Å². The normalized spacial score (nSPS) is 16.1. The van der Waals surface area contributed by atoms with Crippen molar-refractivity contribution in [3.63, 3.8) is 0 Å². The molecule has 0 spiro atoms. The summed E-state index contributed by atoms with van der Waals surface area (Å²) in [6, 6.07) is 14.9. The molecule has 0 amide bonds. The lowest BCUT2D eigenvalue weighted by atomic mass is 9.98. The molecule has 1 aromatic heterocycles. The first-order valence-corrected chi connectivity index (χ1v) is 9.46. The van der Waals surface area contributed by atoms with E-state index in [4.69, 9.17) is 27.9 Å². The smallest absolute Gasteiger partial charge is 0.220 e. The molecule has 0 N–H and O–H groups in total. The SMILES string of the molecule is Cc1ccc(-c2ccc(C3COC(c4c(Cl)cncc4Cl)=N3)cc2)cc1C. The molecule has 1 unspecified atom stereocenters. The lowest BCUT2D eigenvalue weighted by Gasteiger charge is -2.09. The Morgan fingerprint density at radius 2 is 1.56 bits per heavy atom. The number of pyridine rings is 1. The van der Waals surface area contributed by atoms with Crippen LogP contribution in [-0.2, 0) is 4.74 Å². The van der Waals surface area contributed by atoms with Crippen LogP contribution in [0.4, 0.5) is 0 Å². The largest absolute Gasteiger partial charge is 0.475 e. The maximum atomic E-state index is 6.21. The summed E-state index contributed by atoms with van der Waals surface area (Å²) in [5.74, 6) is 0.468. The summed E-state index contributed by atoms with van der Waals surface area (Å²) in [6.07, 6.45) is 3.08. The number of rotatable bonds is 3. The molecule has 1 aliphatic rings. The Bertz CT molecular complexity index is 1010. The molecule has 3 aromatic rings. The Kier molecular flexibility index (Phi) is 4.90. The molecule has 0 bridgehead atoms. The molecule has 2 aromatic carbocycles. The number of ether oxygens (including phenoxy) is 1. The highest BCUT2D eigenvalue weighted by atomic mass is 35.5. The zero-order valence-electron chi connectivity index (χ0n) is 15.0. The van der Waals surface area contributed by atoms with Gasteiger partial charge in [0.15, 0.2) is 0 Å². The van der Waals surface area contributed by atoms with Gasteiger partial charge in [-0.2, -0.15) is 0 Å². The van der Waals surface area contributed by atoms with Crippen molar-refractivity contribution in [2.75, 3.05) is 6.61 Å². The van der Waals surface area contributed by atoms with Gasteiger partial charge in [0.1, 0.15) is 12.6 Å². The molecular formula is C22H18Cl2N2O. The fourth-order valence-electron chi connectivity index (χ4n) is 3.12. The average molecular weight is 397 g/mol. The van der Waals surface area contributed by atoms with E-state index < -0.39 is 0 Å². The van der Waals surface area contributed by atoms with Gasteiger partial charge in [0, 0.05) is 12.4 Å². The van der Waals surface area contributed by atoms with E-state index in [9.17, 15) is 0 Å². The third-order valence-electron chi connectivity index (χ3n) is 4.85. The van der Waals surface area contributed by atoms with Crippen LogP contribution in [0.5, 0.6) is 0 Å². The lowest BCUT2D eigenvalue weighted by molar-refractivity contribution is 0.320. The first-order chi connectivity index (χ1) is 13.0. The summed E-state index contributed by atoms with van der Waals surface area (Å²) in [4.78, 5) is 8.64. The molecule has 0 saturated heterocycles. The molecule has 0 fully saturated rings. The number of aliphatic imine (C=N–C) groups is 1. The van der Waals surface area contributed by atoms with Gasteiger partial charge in [-0.25, -0.2) is 4.99 Å². The minimum atomic E-state index is -0.0749. The van der Waals surface area contributed by atoms with Crippen molar-refractivity contribution in [3.8, 4) is 11.1 Å². The molecule has 3 nitrogen and oxygen atoms in total. The Labute approximate surface area is 168 Å². The predicted molar refractivity (Wildman–Crippen MR) is 111 cm³/mol. The molecule has 0 aliphatic carbocycles. The third kappa shape index (κ3) is 3.58. The summed E-state index contributed by atoms with van der Waals surface area (Å²) in [5.41, 5.74) is 6.69. The van der Waals surface area contributed by atoms with E-state index in [0.717, 1.165) is 5.56 Å². The summed E-state index contributed by atoms with van der Waals surface area (Å²) < 4.78 is 5.76. The first kappa shape index (κ1) is 18.0. The van der Waals surface area contributed by atoms with E-state index in [1.54, 1.807) is 12.4 Å². The van der Waals surface area contributed by atoms with Crippen LogP contribution < -0.4 is 0 Å². The van der Waals surface area contributed by atoms with Crippen LogP contribution >= 0.6 is 23.2 Å². The van der Waals surface area contributed by atoms with Crippen molar-refractivity contribution < 1.29 is 4.74 Å². The quantitative estimate of drug-likeness (QED) is 0.528. The van der Waals surface area contributed by atoms with Gasteiger partial charge in [0.05, 0.1) is 15.6 Å². The van der Waals surface area contributed by atoms with Gasteiger partial charge in [0.25, 0.3) is 0 Å². The topological polar surface area (TPSA) is 34.5 Å². The van der Waals surface area contributed by atoms with Gasteiger partial charge in [0.2, 0.25) is 5.90 Å². The maximum absolute atomic E-state index is 6.21. The van der Waals surface area contributed by atoms with Crippen molar-refractivity contribution in [1.82, 2.24) is 4.98 Å². The second-order valence-corrected chi connectivity index (χ2v) is 7.47. The molecule has 1 aliphatic heterocycles. The number of aryl methyl sites for hydroxylation is 2. The average Bonchev–Trinajstić information content (AvgIpc) is 3.14. The highest BCUT2D eigenvalue weighted by molar-refractivity contribution is 6.39. The van der Waals surface area contributed by atoms with Crippen molar-refractivity contribution in [2.24, 2.45) is 4.99 Å². The van der Waals surface area contributed by atoms with Crippen LogP contribution in [0.3, 0.4) is 0 Å². The van der Waals surface area contributed by atoms with Gasteiger partial charge in [-0.1, -0.05) is 65.7 Å². The van der Waals surface area contributed by atoms with Crippen LogP contribution in [0.1, 0.15) is 28.3 Å². The van der Waals surface area contributed by atoms with Gasteiger partial charge in [-0.3, -0.25) is 4.98 Å². The van der Waals surface area contributed by atoms with Crippen molar-refractivity contribution in [2.45, 2.75) is 19.9 Å². The molecule has 0 saturated carbocycles. The fraction of sp³-hybridized carbons (Fsp3) is 0.182. The van der Waals surface area contributed by atoms with E-state index in [1.165, 1.54) is 22.3 Å². The minimum Gasteiger partial charge on any atom is -0.475 e. The molecule has 0 radical (unpaired) electrons.